The average molecular weight is 425 g/mol. The van der Waals surface area contributed by atoms with Crippen LogP contribution in [0.1, 0.15) is 41.7 Å². The van der Waals surface area contributed by atoms with Crippen molar-refractivity contribution in [2.24, 2.45) is 0 Å². The Morgan fingerprint density at radius 2 is 1.88 bits per heavy atom. The molecule has 0 aliphatic heterocycles. The van der Waals surface area contributed by atoms with Crippen LogP contribution in [-0.2, 0) is 19.3 Å². The van der Waals surface area contributed by atoms with Crippen molar-refractivity contribution < 1.29 is 4.74 Å². The van der Waals surface area contributed by atoms with Gasteiger partial charge in [0.05, 0.1) is 6.61 Å². The van der Waals surface area contributed by atoms with Crippen LogP contribution in [0.4, 0.5) is 0 Å². The molecule has 32 heavy (non-hydrogen) atoms. The Balaban J connectivity index is 1.24. The van der Waals surface area contributed by atoms with Gasteiger partial charge in [0.2, 0.25) is 0 Å². The molecule has 5 rings (SSSR count). The van der Waals surface area contributed by atoms with Gasteiger partial charge in [0.1, 0.15) is 11.6 Å². The molecule has 0 bridgehead atoms. The lowest BCUT2D eigenvalue weighted by Gasteiger charge is -2.06. The summed E-state index contributed by atoms with van der Waals surface area (Å²) in [6, 6.07) is 17.0. The topological polar surface area (TPSA) is 66.6 Å². The fourth-order valence-corrected chi connectivity index (χ4v) is 4.36. The Labute approximate surface area is 187 Å². The smallest absolute Gasteiger partial charge is 0.128 e. The van der Waals surface area contributed by atoms with E-state index in [1.165, 1.54) is 33.1 Å². The fraction of sp³-hybridized carbons (Fsp3) is 0.259. The molecule has 0 saturated heterocycles. The van der Waals surface area contributed by atoms with E-state index in [0.29, 0.717) is 6.61 Å². The Bertz CT molecular complexity index is 1360. The number of aromatic nitrogens is 4. The molecule has 0 unspecified atom stereocenters. The summed E-state index contributed by atoms with van der Waals surface area (Å²) in [7, 11) is 0. The van der Waals surface area contributed by atoms with E-state index in [9.17, 15) is 0 Å². The molecule has 5 aromatic rings. The van der Waals surface area contributed by atoms with Gasteiger partial charge in [-0.3, -0.25) is 0 Å². The first-order valence-electron chi connectivity index (χ1n) is 11.3. The second-order valence-electron chi connectivity index (χ2n) is 8.32. The number of rotatable bonds is 8. The molecule has 0 fully saturated rings. The van der Waals surface area contributed by atoms with Crippen molar-refractivity contribution in [3.63, 3.8) is 0 Å². The van der Waals surface area contributed by atoms with Gasteiger partial charge in [0.25, 0.3) is 0 Å². The van der Waals surface area contributed by atoms with Crippen molar-refractivity contribution in [2.45, 2.75) is 39.5 Å². The molecule has 5 heteroatoms. The van der Waals surface area contributed by atoms with Gasteiger partial charge in [0.15, 0.2) is 0 Å². The van der Waals surface area contributed by atoms with Crippen LogP contribution >= 0.6 is 0 Å². The molecule has 0 atom stereocenters. The summed E-state index contributed by atoms with van der Waals surface area (Å²) in [6.45, 7) is 4.78. The van der Waals surface area contributed by atoms with Gasteiger partial charge in [-0.05, 0) is 85.7 Å². The molecule has 2 N–H and O–H groups in total. The molecular weight excluding hydrogens is 396 g/mol. The van der Waals surface area contributed by atoms with E-state index in [-0.39, 0.29) is 0 Å². The third-order valence-electron chi connectivity index (χ3n) is 5.86. The molecule has 3 heterocycles. The molecule has 0 saturated carbocycles. The normalized spacial score (nSPS) is 11.4. The first kappa shape index (κ1) is 20.3. The summed E-state index contributed by atoms with van der Waals surface area (Å²) in [4.78, 5) is 16.1. The summed E-state index contributed by atoms with van der Waals surface area (Å²) >= 11 is 0. The van der Waals surface area contributed by atoms with Crippen LogP contribution in [0.3, 0.4) is 0 Å². The summed E-state index contributed by atoms with van der Waals surface area (Å²) in [5.74, 6) is 1.83. The average Bonchev–Trinajstić information content (AvgIpc) is 3.36. The lowest BCUT2D eigenvalue weighted by atomic mass is 10.1. The molecule has 5 nitrogen and oxygen atoms in total. The molecule has 0 aliphatic rings. The van der Waals surface area contributed by atoms with Crippen LogP contribution in [0, 0.1) is 6.92 Å². The Kier molecular flexibility index (Phi) is 5.63. The van der Waals surface area contributed by atoms with Gasteiger partial charge in [-0.25, -0.2) is 9.97 Å². The third kappa shape index (κ3) is 4.37. The van der Waals surface area contributed by atoms with E-state index < -0.39 is 0 Å². The molecule has 0 aliphatic carbocycles. The number of benzene rings is 2. The van der Waals surface area contributed by atoms with Crippen molar-refractivity contribution >= 4 is 21.8 Å². The van der Waals surface area contributed by atoms with Gasteiger partial charge >= 0.3 is 0 Å². The Hall–Kier alpha value is -3.60. The molecular formula is C27H28N4O. The van der Waals surface area contributed by atoms with Gasteiger partial charge in [-0.1, -0.05) is 6.07 Å². The number of ether oxygens (including phenoxy) is 1. The minimum atomic E-state index is 0.678. The van der Waals surface area contributed by atoms with Crippen LogP contribution in [0.2, 0.25) is 0 Å². The van der Waals surface area contributed by atoms with E-state index in [4.69, 9.17) is 9.72 Å². The van der Waals surface area contributed by atoms with E-state index in [0.717, 1.165) is 48.5 Å². The molecule has 3 aromatic heterocycles. The molecule has 0 amide bonds. The lowest BCUT2D eigenvalue weighted by molar-refractivity contribution is 0.340. The quantitative estimate of drug-likeness (QED) is 0.325. The number of fused-ring (bicyclic) bond motifs is 2. The largest absolute Gasteiger partial charge is 0.494 e. The van der Waals surface area contributed by atoms with Gasteiger partial charge in [-0.2, -0.15) is 0 Å². The van der Waals surface area contributed by atoms with Crippen molar-refractivity contribution in [2.75, 3.05) is 6.61 Å². The summed E-state index contributed by atoms with van der Waals surface area (Å²) in [6.07, 6.45) is 7.66. The maximum atomic E-state index is 5.66. The fourth-order valence-electron chi connectivity index (χ4n) is 4.36. The highest BCUT2D eigenvalue weighted by Gasteiger charge is 2.08. The van der Waals surface area contributed by atoms with E-state index in [1.54, 1.807) is 0 Å². The van der Waals surface area contributed by atoms with Crippen LogP contribution in [0.5, 0.6) is 5.75 Å². The maximum Gasteiger partial charge on any atom is 0.128 e. The number of nitrogens with zero attached hydrogens (tertiary/aromatic N) is 2. The van der Waals surface area contributed by atoms with Crippen molar-refractivity contribution in [3.8, 4) is 5.75 Å². The van der Waals surface area contributed by atoms with Crippen molar-refractivity contribution in [1.29, 1.82) is 0 Å². The number of nitrogens with one attached hydrogen (secondary N) is 2. The van der Waals surface area contributed by atoms with Crippen LogP contribution in [-0.4, -0.2) is 26.5 Å². The van der Waals surface area contributed by atoms with E-state index >= 15 is 0 Å². The zero-order valence-electron chi connectivity index (χ0n) is 18.6. The molecule has 2 aromatic carbocycles. The Morgan fingerprint density at radius 3 is 2.78 bits per heavy atom. The SMILES string of the molecule is CCOc1ccc2[nH]cc(CCCc3nccc(Cc4ccc5[nH]c(C)cc5c4)n3)c2c1. The van der Waals surface area contributed by atoms with E-state index in [1.807, 2.05) is 25.3 Å². The first-order valence-corrected chi connectivity index (χ1v) is 11.3. The number of H-pyrrole nitrogens is 2. The second kappa shape index (κ2) is 8.87. The predicted octanol–water partition coefficient (Wildman–Crippen LogP) is 5.91. The molecule has 162 valence electrons. The summed E-state index contributed by atoms with van der Waals surface area (Å²) < 4.78 is 5.66. The highest BCUT2D eigenvalue weighted by atomic mass is 16.5. The maximum absolute atomic E-state index is 5.66. The minimum Gasteiger partial charge on any atom is -0.494 e. The van der Waals surface area contributed by atoms with Crippen molar-refractivity contribution in [3.05, 3.63) is 89.3 Å². The van der Waals surface area contributed by atoms with E-state index in [2.05, 4.69) is 64.5 Å². The lowest BCUT2D eigenvalue weighted by Crippen LogP contribution is -2.01. The number of hydrogen-bond acceptors (Lipinski definition) is 3. The minimum absolute atomic E-state index is 0.678. The number of hydrogen-bond donors (Lipinski definition) is 2. The van der Waals surface area contributed by atoms with Crippen molar-refractivity contribution in [1.82, 2.24) is 19.9 Å². The first-order chi connectivity index (χ1) is 15.7. The number of aryl methyl sites for hydroxylation is 3. The summed E-state index contributed by atoms with van der Waals surface area (Å²) in [5, 5.41) is 2.49. The van der Waals surface area contributed by atoms with Gasteiger partial charge < -0.3 is 14.7 Å². The predicted molar refractivity (Wildman–Crippen MR) is 129 cm³/mol. The third-order valence-corrected chi connectivity index (χ3v) is 5.86. The van der Waals surface area contributed by atoms with Crippen LogP contribution in [0.15, 0.2) is 60.9 Å². The molecule has 0 spiro atoms. The van der Waals surface area contributed by atoms with Gasteiger partial charge in [0, 0.05) is 53.0 Å². The van der Waals surface area contributed by atoms with Crippen LogP contribution in [0.25, 0.3) is 21.8 Å². The highest BCUT2D eigenvalue weighted by Crippen LogP contribution is 2.25. The Morgan fingerprint density at radius 1 is 0.969 bits per heavy atom. The molecule has 0 radical (unpaired) electrons. The number of aromatic amines is 2. The zero-order valence-corrected chi connectivity index (χ0v) is 18.6. The second-order valence-corrected chi connectivity index (χ2v) is 8.32. The zero-order chi connectivity index (χ0) is 21.9. The standard InChI is InChI=1S/C27H28N4O/c1-3-32-23-8-10-26-24(16-23)20(17-29-26)5-4-6-27-28-12-11-22(31-27)15-19-7-9-25-21(14-19)13-18(2)30-25/h7-14,16-17,29-30H,3-6,15H2,1-2H3. The summed E-state index contributed by atoms with van der Waals surface area (Å²) in [5.41, 5.74) is 7.16. The highest BCUT2D eigenvalue weighted by molar-refractivity contribution is 5.84. The van der Waals surface area contributed by atoms with Crippen LogP contribution < -0.4 is 4.74 Å². The van der Waals surface area contributed by atoms with Gasteiger partial charge in [-0.15, -0.1) is 0 Å². The monoisotopic (exact) mass is 424 g/mol.